The van der Waals surface area contributed by atoms with Gasteiger partial charge in [-0.25, -0.2) is 0 Å². The number of hydrogen-bond acceptors (Lipinski definition) is 11. The highest BCUT2D eigenvalue weighted by atomic mass is 16.7. The van der Waals surface area contributed by atoms with E-state index >= 15 is 0 Å². The molecule has 4 aliphatic rings. The van der Waals surface area contributed by atoms with E-state index in [1.807, 2.05) is 20.8 Å². The average Bonchev–Trinajstić information content (AvgIpc) is 2.85. The molecule has 4 aliphatic heterocycles. The van der Waals surface area contributed by atoms with Crippen molar-refractivity contribution in [3.05, 3.63) is 11.8 Å². The Kier molecular flexibility index (Phi) is 9.75. The lowest BCUT2D eigenvalue weighted by Crippen LogP contribution is -2.53. The van der Waals surface area contributed by atoms with E-state index in [0.29, 0.717) is 44.1 Å². The fourth-order valence-electron chi connectivity index (χ4n) is 5.06. The van der Waals surface area contributed by atoms with Crippen molar-refractivity contribution in [2.45, 2.75) is 133 Å². The van der Waals surface area contributed by atoms with Crippen LogP contribution in [0, 0.1) is 0 Å². The molecule has 0 bridgehead atoms. The van der Waals surface area contributed by atoms with Crippen LogP contribution in [0.2, 0.25) is 0 Å². The Balaban J connectivity index is 1.23. The molecule has 4 heterocycles. The van der Waals surface area contributed by atoms with Crippen LogP contribution in [0.3, 0.4) is 0 Å². The largest absolute Gasteiger partial charge is 0.469 e. The van der Waals surface area contributed by atoms with Gasteiger partial charge in [-0.15, -0.1) is 0 Å². The minimum Gasteiger partial charge on any atom is -0.469 e. The van der Waals surface area contributed by atoms with Gasteiger partial charge in [-0.05, 0) is 39.7 Å². The molecule has 12 unspecified atom stereocenters. The zero-order chi connectivity index (χ0) is 25.8. The number of ether oxygens (including phenoxy) is 8. The van der Waals surface area contributed by atoms with E-state index in [1.54, 1.807) is 6.08 Å². The molecule has 3 fully saturated rings. The van der Waals surface area contributed by atoms with Crippen LogP contribution in [-0.2, 0) is 42.7 Å². The molecule has 0 amide bonds. The van der Waals surface area contributed by atoms with Crippen LogP contribution in [0.1, 0.15) is 59.3 Å². The van der Waals surface area contributed by atoms with Gasteiger partial charge in [0.2, 0.25) is 0 Å². The maximum atomic E-state index is 11.2. The first kappa shape index (κ1) is 27.9. The summed E-state index contributed by atoms with van der Waals surface area (Å²) in [6.07, 6.45) is -0.399. The monoisotopic (exact) mass is 516 g/mol. The van der Waals surface area contributed by atoms with Crippen molar-refractivity contribution in [1.29, 1.82) is 0 Å². The van der Waals surface area contributed by atoms with Crippen LogP contribution in [0.15, 0.2) is 11.8 Å². The summed E-state index contributed by atoms with van der Waals surface area (Å²) in [7, 11) is 1.52. The third kappa shape index (κ3) is 7.03. The molecule has 36 heavy (non-hydrogen) atoms. The lowest BCUT2D eigenvalue weighted by molar-refractivity contribution is -0.319. The van der Waals surface area contributed by atoms with Crippen LogP contribution in [-0.4, -0.2) is 97.6 Å². The topological polar surface area (TPSA) is 131 Å². The lowest BCUT2D eigenvalue weighted by atomic mass is 10.0. The second-order valence-corrected chi connectivity index (χ2v) is 9.97. The van der Waals surface area contributed by atoms with Gasteiger partial charge in [-0.3, -0.25) is 0 Å². The molecule has 12 atom stereocenters. The summed E-state index contributed by atoms with van der Waals surface area (Å²) in [5.74, 6) is 0.603. The van der Waals surface area contributed by atoms with E-state index in [9.17, 15) is 15.0 Å². The molecule has 3 saturated heterocycles. The Hall–Kier alpha value is -1.15. The van der Waals surface area contributed by atoms with Crippen molar-refractivity contribution in [3.8, 4) is 0 Å². The van der Waals surface area contributed by atoms with Gasteiger partial charge in [-0.2, -0.15) is 0 Å². The molecule has 0 aliphatic carbocycles. The molecule has 0 aromatic rings. The second-order valence-electron chi connectivity index (χ2n) is 9.97. The standard InChI is InChI=1S/C25H40O11/c1-13-18(27)5-7-22(30-13)36-25-15(3)32-24(11-19(25)28)35-20-6-8-21(31-14(20)2)33-16-9-17(12-26)34-23(10-16)29-4/h9,12-15,17-25,27-28H,5-8,10-11H2,1-4H3. The minimum atomic E-state index is -0.777. The summed E-state index contributed by atoms with van der Waals surface area (Å²) in [5, 5.41) is 20.6. The number of hydrogen-bond donors (Lipinski definition) is 2. The van der Waals surface area contributed by atoms with Crippen LogP contribution in [0.4, 0.5) is 0 Å². The van der Waals surface area contributed by atoms with Crippen molar-refractivity contribution < 1.29 is 52.9 Å². The quantitative estimate of drug-likeness (QED) is 0.455. The fraction of sp³-hybridized carbons (Fsp3) is 0.880. The predicted molar refractivity (Wildman–Crippen MR) is 123 cm³/mol. The number of carbonyl (C=O) groups excluding carboxylic acids is 1. The van der Waals surface area contributed by atoms with E-state index in [2.05, 4.69) is 0 Å². The average molecular weight is 517 g/mol. The number of carbonyl (C=O) groups is 1. The van der Waals surface area contributed by atoms with Gasteiger partial charge >= 0.3 is 0 Å². The highest BCUT2D eigenvalue weighted by Gasteiger charge is 2.42. The van der Waals surface area contributed by atoms with Gasteiger partial charge in [0, 0.05) is 26.4 Å². The van der Waals surface area contributed by atoms with E-state index < -0.39 is 55.7 Å². The van der Waals surface area contributed by atoms with Crippen molar-refractivity contribution >= 4 is 6.29 Å². The van der Waals surface area contributed by atoms with Crippen LogP contribution in [0.5, 0.6) is 0 Å². The summed E-state index contributed by atoms with van der Waals surface area (Å²) in [6, 6.07) is 0. The Labute approximate surface area is 211 Å². The number of aldehydes is 1. The Morgan fingerprint density at radius 3 is 2.22 bits per heavy atom. The maximum Gasteiger partial charge on any atom is 0.199 e. The van der Waals surface area contributed by atoms with Gasteiger partial charge in [0.05, 0.1) is 43.0 Å². The molecule has 0 radical (unpaired) electrons. The first-order valence-corrected chi connectivity index (χ1v) is 12.9. The van der Waals surface area contributed by atoms with Gasteiger partial charge < -0.3 is 52.9 Å². The Morgan fingerprint density at radius 1 is 0.833 bits per heavy atom. The summed E-state index contributed by atoms with van der Waals surface area (Å²) in [5.41, 5.74) is 0. The second kappa shape index (κ2) is 12.6. The number of methoxy groups -OCH3 is 1. The lowest BCUT2D eigenvalue weighted by Gasteiger charge is -2.43. The van der Waals surface area contributed by atoms with Crippen LogP contribution < -0.4 is 0 Å². The molecular weight excluding hydrogens is 476 g/mol. The van der Waals surface area contributed by atoms with Crippen LogP contribution in [0.25, 0.3) is 0 Å². The van der Waals surface area contributed by atoms with E-state index in [1.165, 1.54) is 7.11 Å². The Bertz CT molecular complexity index is 736. The highest BCUT2D eigenvalue weighted by Crippen LogP contribution is 2.32. The van der Waals surface area contributed by atoms with E-state index in [0.717, 1.165) is 0 Å². The zero-order valence-electron chi connectivity index (χ0n) is 21.4. The van der Waals surface area contributed by atoms with Crippen molar-refractivity contribution in [1.82, 2.24) is 0 Å². The smallest absolute Gasteiger partial charge is 0.199 e. The van der Waals surface area contributed by atoms with Gasteiger partial charge in [-0.1, -0.05) is 0 Å². The predicted octanol–water partition coefficient (Wildman–Crippen LogP) is 1.52. The van der Waals surface area contributed by atoms with Crippen molar-refractivity contribution in [2.75, 3.05) is 7.11 Å². The number of rotatable bonds is 8. The number of aliphatic hydroxyl groups excluding tert-OH is 2. The molecular formula is C25H40O11. The molecule has 206 valence electrons. The maximum absolute atomic E-state index is 11.2. The molecule has 0 aromatic heterocycles. The summed E-state index contributed by atoms with van der Waals surface area (Å²) >= 11 is 0. The molecule has 11 nitrogen and oxygen atoms in total. The van der Waals surface area contributed by atoms with Crippen molar-refractivity contribution in [3.63, 3.8) is 0 Å². The molecule has 11 heteroatoms. The first-order chi connectivity index (χ1) is 17.2. The van der Waals surface area contributed by atoms with E-state index in [4.69, 9.17) is 37.9 Å². The normalized spacial score (nSPS) is 46.1. The summed E-state index contributed by atoms with van der Waals surface area (Å²) in [4.78, 5) is 11.2. The van der Waals surface area contributed by atoms with E-state index in [-0.39, 0.29) is 24.7 Å². The van der Waals surface area contributed by atoms with Gasteiger partial charge in [0.25, 0.3) is 0 Å². The zero-order valence-corrected chi connectivity index (χ0v) is 21.4. The Morgan fingerprint density at radius 2 is 1.56 bits per heavy atom. The summed E-state index contributed by atoms with van der Waals surface area (Å²) < 4.78 is 46.6. The summed E-state index contributed by atoms with van der Waals surface area (Å²) in [6.45, 7) is 5.56. The van der Waals surface area contributed by atoms with Crippen LogP contribution >= 0.6 is 0 Å². The minimum absolute atomic E-state index is 0.228. The first-order valence-electron chi connectivity index (χ1n) is 12.9. The molecule has 0 aromatic carbocycles. The van der Waals surface area contributed by atoms with Gasteiger partial charge in [0.1, 0.15) is 18.0 Å². The third-order valence-corrected chi connectivity index (χ3v) is 7.17. The molecule has 0 spiro atoms. The fourth-order valence-corrected chi connectivity index (χ4v) is 5.06. The molecule has 4 rings (SSSR count). The van der Waals surface area contributed by atoms with Crippen molar-refractivity contribution in [2.24, 2.45) is 0 Å². The molecule has 0 saturated carbocycles. The number of aliphatic hydroxyl groups is 2. The highest BCUT2D eigenvalue weighted by molar-refractivity contribution is 5.59. The van der Waals surface area contributed by atoms with Gasteiger partial charge in [0.15, 0.2) is 31.4 Å². The SMILES string of the molecule is COC1CC(OC2CCC(OC3CC(O)C(OC4CCC(O)C(C)O4)C(C)O3)C(C)O2)=CC(C=O)O1. The molecule has 2 N–H and O–H groups in total. The third-order valence-electron chi connectivity index (χ3n) is 7.17.